The minimum absolute atomic E-state index is 0.226. The number of rotatable bonds is 7. The molecule has 2 heterocycles. The molecule has 4 N–H and O–H groups in total. The number of allylic oxidation sites excluding steroid dienone is 2. The van der Waals surface area contributed by atoms with E-state index in [0.29, 0.717) is 48.1 Å². The number of nitrogens with zero attached hydrogens (tertiary/aromatic N) is 1. The number of urea groups is 1. The number of carbonyl (C=O) groups excluding carboxylic acids is 2. The monoisotopic (exact) mass is 496 g/mol. The molecule has 11 heteroatoms. The van der Waals surface area contributed by atoms with E-state index in [1.54, 1.807) is 37.3 Å². The van der Waals surface area contributed by atoms with Crippen LogP contribution in [0.1, 0.15) is 24.7 Å². The Bertz CT molecular complexity index is 1180. The molecule has 2 aliphatic rings. The van der Waals surface area contributed by atoms with Crippen LogP contribution in [0.2, 0.25) is 0 Å². The molecule has 1 saturated heterocycles. The molecular weight excluding hydrogens is 468 g/mol. The molecule has 1 aromatic carbocycles. The summed E-state index contributed by atoms with van der Waals surface area (Å²) in [5.74, 6) is 0.786. The number of hydrogen-bond acceptors (Lipinski definition) is 8. The number of anilines is 1. The van der Waals surface area contributed by atoms with Gasteiger partial charge in [-0.3, -0.25) is 0 Å². The molecule has 0 unspecified atom stereocenters. The topological polar surface area (TPSA) is 144 Å². The van der Waals surface area contributed by atoms with Crippen LogP contribution in [0.15, 0.2) is 71.0 Å². The summed E-state index contributed by atoms with van der Waals surface area (Å²) in [5.41, 5.74) is 0.685. The van der Waals surface area contributed by atoms with Crippen molar-refractivity contribution >= 4 is 23.4 Å². The molecular formula is C25H28N4O7. The van der Waals surface area contributed by atoms with Gasteiger partial charge < -0.3 is 39.7 Å². The van der Waals surface area contributed by atoms with E-state index in [4.69, 9.17) is 18.6 Å². The number of alkyl carbamates (subject to hydrolysis) is 1. The maximum atomic E-state index is 12.7. The van der Waals surface area contributed by atoms with Crippen LogP contribution in [0.4, 0.5) is 15.3 Å². The fourth-order valence-corrected chi connectivity index (χ4v) is 3.79. The molecule has 0 saturated carbocycles. The van der Waals surface area contributed by atoms with Gasteiger partial charge in [-0.2, -0.15) is 0 Å². The highest BCUT2D eigenvalue weighted by Crippen LogP contribution is 2.31. The van der Waals surface area contributed by atoms with Gasteiger partial charge in [0.2, 0.25) is 0 Å². The second-order valence-electron chi connectivity index (χ2n) is 8.49. The average Bonchev–Trinajstić information content (AvgIpc) is 3.52. The third-order valence-corrected chi connectivity index (χ3v) is 5.40. The van der Waals surface area contributed by atoms with E-state index in [1.807, 2.05) is 6.07 Å². The number of carbonyl (C=O) groups is 2. The lowest BCUT2D eigenvalue weighted by molar-refractivity contribution is 0.0828. The summed E-state index contributed by atoms with van der Waals surface area (Å²) in [7, 11) is 1.48. The Hall–Kier alpha value is -4.09. The first-order chi connectivity index (χ1) is 17.3. The highest BCUT2D eigenvalue weighted by atomic mass is 16.6. The van der Waals surface area contributed by atoms with Crippen molar-refractivity contribution in [3.8, 4) is 0 Å². The van der Waals surface area contributed by atoms with Crippen molar-refractivity contribution in [1.29, 1.82) is 0 Å². The van der Waals surface area contributed by atoms with Crippen molar-refractivity contribution in [2.75, 3.05) is 25.6 Å². The van der Waals surface area contributed by atoms with Gasteiger partial charge >= 0.3 is 12.1 Å². The lowest BCUT2D eigenvalue weighted by atomic mass is 10.0. The third kappa shape index (κ3) is 6.74. The number of oxazole rings is 1. The van der Waals surface area contributed by atoms with Gasteiger partial charge in [0.1, 0.15) is 17.5 Å². The molecule has 1 aliphatic carbocycles. The number of hydrogen-bond donors (Lipinski definition) is 4. The Morgan fingerprint density at radius 2 is 2.14 bits per heavy atom. The predicted octanol–water partition coefficient (Wildman–Crippen LogP) is 3.07. The minimum Gasteiger partial charge on any atom is -0.496 e. The van der Waals surface area contributed by atoms with Gasteiger partial charge in [0.05, 0.1) is 32.1 Å². The largest absolute Gasteiger partial charge is 0.496 e. The molecule has 190 valence electrons. The number of ether oxygens (including phenoxy) is 3. The van der Waals surface area contributed by atoms with E-state index in [2.05, 4.69) is 20.9 Å². The standard InChI is InChI=1S/C25H28N4O7/c1-25(32)10-18(9-21(33-2)20(11-25)22-13-26-15-35-22)29-23(30)28-17-5-3-4-16(8-17)12-27-24(31)36-19-6-7-34-14-19/h3-5,8-11,13,15,19,32H,6-7,12,14H2,1-2H3,(H,27,31)(H2,28,29,30)/t19-,25-/m0/s1. The molecule has 2 atom stereocenters. The Kier molecular flexibility index (Phi) is 7.71. The predicted molar refractivity (Wildman–Crippen MR) is 129 cm³/mol. The van der Waals surface area contributed by atoms with Crippen LogP contribution in [-0.2, 0) is 20.8 Å². The number of benzene rings is 1. The van der Waals surface area contributed by atoms with E-state index in [-0.39, 0.29) is 12.6 Å². The van der Waals surface area contributed by atoms with Gasteiger partial charge in [-0.15, -0.1) is 0 Å². The van der Waals surface area contributed by atoms with Crippen LogP contribution in [0, 0.1) is 0 Å². The highest BCUT2D eigenvalue weighted by Gasteiger charge is 2.25. The summed E-state index contributed by atoms with van der Waals surface area (Å²) >= 11 is 0. The van der Waals surface area contributed by atoms with Crippen LogP contribution < -0.4 is 16.0 Å². The molecule has 11 nitrogen and oxygen atoms in total. The smallest absolute Gasteiger partial charge is 0.407 e. The Morgan fingerprint density at radius 1 is 1.28 bits per heavy atom. The Balaban J connectivity index is 1.37. The van der Waals surface area contributed by atoms with Crippen LogP contribution >= 0.6 is 0 Å². The van der Waals surface area contributed by atoms with E-state index >= 15 is 0 Å². The number of methoxy groups -OCH3 is 1. The summed E-state index contributed by atoms with van der Waals surface area (Å²) in [6.07, 6.45) is 7.34. The van der Waals surface area contributed by atoms with Crippen molar-refractivity contribution in [2.24, 2.45) is 0 Å². The molecule has 2 aromatic rings. The summed E-state index contributed by atoms with van der Waals surface area (Å²) in [6, 6.07) is 6.50. The molecule has 0 radical (unpaired) electrons. The zero-order valence-corrected chi connectivity index (χ0v) is 19.9. The van der Waals surface area contributed by atoms with E-state index in [1.165, 1.54) is 25.8 Å². The SMILES string of the molecule is COC1=CC(NC(=O)Nc2cccc(CNC(=O)O[C@H]3CCOC3)c2)=C[C@](C)(O)C=C1c1cnco1. The summed E-state index contributed by atoms with van der Waals surface area (Å²) in [6.45, 7) is 2.79. The highest BCUT2D eigenvalue weighted by molar-refractivity contribution is 5.91. The van der Waals surface area contributed by atoms with E-state index in [0.717, 1.165) is 5.56 Å². The third-order valence-electron chi connectivity index (χ3n) is 5.40. The van der Waals surface area contributed by atoms with Gasteiger partial charge in [0.15, 0.2) is 12.2 Å². The molecule has 3 amide bonds. The van der Waals surface area contributed by atoms with E-state index in [9.17, 15) is 14.7 Å². The molecule has 4 rings (SSSR count). The number of amides is 3. The van der Waals surface area contributed by atoms with Gasteiger partial charge in [-0.1, -0.05) is 12.1 Å². The first-order valence-corrected chi connectivity index (χ1v) is 11.3. The first kappa shape index (κ1) is 25.0. The fraction of sp³-hybridized carbons (Fsp3) is 0.320. The molecule has 36 heavy (non-hydrogen) atoms. The lowest BCUT2D eigenvalue weighted by Gasteiger charge is -2.16. The van der Waals surface area contributed by atoms with Gasteiger partial charge in [0.25, 0.3) is 0 Å². The molecule has 1 aromatic heterocycles. The van der Waals surface area contributed by atoms with Crippen molar-refractivity contribution in [1.82, 2.24) is 15.6 Å². The summed E-state index contributed by atoms with van der Waals surface area (Å²) in [5, 5.41) is 19.0. The van der Waals surface area contributed by atoms with Crippen LogP contribution in [-0.4, -0.2) is 54.2 Å². The molecule has 1 fully saturated rings. The van der Waals surface area contributed by atoms with Crippen molar-refractivity contribution in [3.63, 3.8) is 0 Å². The van der Waals surface area contributed by atoms with Crippen LogP contribution in [0.25, 0.3) is 5.57 Å². The van der Waals surface area contributed by atoms with Crippen molar-refractivity contribution < 1.29 is 33.3 Å². The molecule has 0 bridgehead atoms. The zero-order chi connectivity index (χ0) is 25.5. The Labute approximate surface area is 207 Å². The normalized spacial score (nSPS) is 21.4. The van der Waals surface area contributed by atoms with Crippen LogP contribution in [0.5, 0.6) is 0 Å². The lowest BCUT2D eigenvalue weighted by Crippen LogP contribution is -2.30. The second kappa shape index (κ2) is 11.1. The second-order valence-corrected chi connectivity index (χ2v) is 8.49. The maximum Gasteiger partial charge on any atom is 0.407 e. The average molecular weight is 497 g/mol. The molecule has 0 spiro atoms. The minimum atomic E-state index is -1.41. The van der Waals surface area contributed by atoms with E-state index < -0.39 is 17.7 Å². The fourth-order valence-electron chi connectivity index (χ4n) is 3.79. The number of aromatic nitrogens is 1. The van der Waals surface area contributed by atoms with Crippen molar-refractivity contribution in [3.05, 3.63) is 77.9 Å². The molecule has 1 aliphatic heterocycles. The number of nitrogens with one attached hydrogen (secondary N) is 3. The van der Waals surface area contributed by atoms with Gasteiger partial charge in [-0.05, 0) is 36.8 Å². The van der Waals surface area contributed by atoms with Crippen LogP contribution in [0.3, 0.4) is 0 Å². The van der Waals surface area contributed by atoms with Gasteiger partial charge in [0, 0.05) is 30.4 Å². The summed E-state index contributed by atoms with van der Waals surface area (Å²) in [4.78, 5) is 28.6. The quantitative estimate of drug-likeness (QED) is 0.458. The Morgan fingerprint density at radius 3 is 2.86 bits per heavy atom. The summed E-state index contributed by atoms with van der Waals surface area (Å²) < 4.78 is 21.3. The first-order valence-electron chi connectivity index (χ1n) is 11.3. The van der Waals surface area contributed by atoms with Crippen molar-refractivity contribution in [2.45, 2.75) is 31.6 Å². The zero-order valence-electron chi connectivity index (χ0n) is 19.9. The maximum absolute atomic E-state index is 12.7. The number of aliphatic hydroxyl groups is 1. The van der Waals surface area contributed by atoms with Gasteiger partial charge in [-0.25, -0.2) is 14.6 Å².